The Balaban J connectivity index is 0.000000124. The second-order valence-corrected chi connectivity index (χ2v) is 19.4. The smallest absolute Gasteiger partial charge is 0.339 e. The van der Waals surface area contributed by atoms with Crippen LogP contribution in [0.4, 0.5) is 0 Å². The lowest BCUT2D eigenvalue weighted by Crippen LogP contribution is -2.78. The minimum Gasteiger partial charge on any atom is -0.371 e. The first-order chi connectivity index (χ1) is 36.9. The molecule has 11 heteroatoms. The standard InChI is InChI=1S/C20H24NO.C16H15NO2.C15H13N3O.C14H11NO/c1-4-21(5-2,6-3)14-17-13-16-11-7-9-15-10-8-12-18(19(15)16)20(17)22;17-7-8-19-10-13-9-12-5-1-3-11-4-2-6-14(15(11)12)16(13)18;16-15(17)18-8-11-7-10-5-1-3-9-4-2-6-12(13(9)10)14(11)19;15-8-11-7-10-5-1-3-9-4-2-6-12(13(9)10)14(11)16/h7-13H,4-6,14H2,1-3H3;1-6,9H,7-8,10,17H2;1-7H,8H2,(H4,16,17,18);1-7H,8,15H2/q+1;;;/p+2. The lowest BCUT2D eigenvalue weighted by Gasteiger charge is -2.36. The molecule has 0 heterocycles. The molecule has 4 aliphatic rings. The van der Waals surface area contributed by atoms with Crippen LogP contribution in [0.3, 0.4) is 0 Å². The Morgan fingerprint density at radius 2 is 0.803 bits per heavy atom. The first-order valence-corrected chi connectivity index (χ1v) is 26.0. The van der Waals surface area contributed by atoms with Gasteiger partial charge in [0.05, 0.1) is 51.5 Å². The summed E-state index contributed by atoms with van der Waals surface area (Å²) in [4.78, 5) is 52.7. The average Bonchev–Trinajstić information content (AvgIpc) is 3.46. The van der Waals surface area contributed by atoms with Crippen molar-refractivity contribution in [2.24, 2.45) is 17.2 Å². The zero-order valence-corrected chi connectivity index (χ0v) is 43.5. The van der Waals surface area contributed by atoms with Crippen molar-refractivity contribution in [1.82, 2.24) is 0 Å². The lowest BCUT2D eigenvalue weighted by atomic mass is 9.87. The van der Waals surface area contributed by atoms with Gasteiger partial charge in [-0.3, -0.25) is 35.6 Å². The summed E-state index contributed by atoms with van der Waals surface area (Å²) >= 11 is 0. The fraction of sp³-hybridized carbons (Fsp3) is 0.185. The van der Waals surface area contributed by atoms with Crippen molar-refractivity contribution in [2.45, 2.75) is 20.8 Å². The van der Waals surface area contributed by atoms with Crippen LogP contribution in [0.15, 0.2) is 168 Å². The van der Waals surface area contributed by atoms with Crippen molar-refractivity contribution < 1.29 is 39.1 Å². The Kier molecular flexibility index (Phi) is 15.8. The maximum Gasteiger partial charge on any atom is 0.339 e. The summed E-state index contributed by atoms with van der Waals surface area (Å²) in [5, 5.41) is 8.68. The van der Waals surface area contributed by atoms with Gasteiger partial charge in [-0.2, -0.15) is 0 Å². The fourth-order valence-electron chi connectivity index (χ4n) is 10.8. The van der Waals surface area contributed by atoms with Gasteiger partial charge < -0.3 is 20.7 Å². The van der Waals surface area contributed by atoms with E-state index in [2.05, 4.69) is 61.8 Å². The van der Waals surface area contributed by atoms with Crippen LogP contribution in [-0.2, 0) is 4.74 Å². The number of carbonyl (C=O) groups excluding carboxylic acids is 4. The van der Waals surface area contributed by atoms with Crippen molar-refractivity contribution in [2.75, 3.05) is 59.0 Å². The van der Waals surface area contributed by atoms with Crippen LogP contribution in [0.5, 0.6) is 0 Å². The highest BCUT2D eigenvalue weighted by atomic mass is 16.5. The molecule has 0 atom stereocenters. The van der Waals surface area contributed by atoms with E-state index in [4.69, 9.17) is 21.9 Å². The van der Waals surface area contributed by atoms with E-state index in [0.717, 1.165) is 124 Å². The van der Waals surface area contributed by atoms with Gasteiger partial charge in [0.2, 0.25) is 0 Å². The number of likely N-dealkylation sites (N-methyl/N-ethyl adjacent to an activating group) is 1. The normalized spacial score (nSPS) is 13.9. The molecule has 12 rings (SSSR count). The Morgan fingerprint density at radius 1 is 0.474 bits per heavy atom. The van der Waals surface area contributed by atoms with E-state index in [-0.39, 0.29) is 29.1 Å². The Labute approximate surface area is 443 Å². The van der Waals surface area contributed by atoms with Crippen LogP contribution in [0, 0.1) is 0 Å². The molecule has 0 unspecified atom stereocenters. The van der Waals surface area contributed by atoms with Gasteiger partial charge in [-0.25, -0.2) is 0 Å². The largest absolute Gasteiger partial charge is 0.371 e. The molecule has 0 bridgehead atoms. The molecule has 11 nitrogen and oxygen atoms in total. The number of nitrogens with one attached hydrogen (secondary N) is 1. The molecule has 0 amide bonds. The van der Waals surface area contributed by atoms with E-state index in [1.807, 2.05) is 140 Å². The van der Waals surface area contributed by atoms with Crippen LogP contribution in [0.1, 0.15) is 84.5 Å². The zero-order valence-electron chi connectivity index (χ0n) is 43.5. The summed E-state index contributed by atoms with van der Waals surface area (Å²) in [6.45, 7) is 12.9. The summed E-state index contributed by atoms with van der Waals surface area (Å²) < 4.78 is 6.42. The second-order valence-electron chi connectivity index (χ2n) is 19.4. The molecule has 0 fully saturated rings. The van der Waals surface area contributed by atoms with Crippen molar-refractivity contribution in [3.8, 4) is 0 Å². The molecule has 0 radical (unpaired) electrons. The van der Waals surface area contributed by atoms with Gasteiger partial charge in [0.15, 0.2) is 23.1 Å². The van der Waals surface area contributed by atoms with E-state index in [1.165, 1.54) is 5.56 Å². The first-order valence-electron chi connectivity index (χ1n) is 26.0. The maximum absolute atomic E-state index is 13.0. The fourth-order valence-corrected chi connectivity index (χ4v) is 10.8. The molecular weight excluding hydrogens is 945 g/mol. The summed E-state index contributed by atoms with van der Waals surface area (Å²) in [7, 11) is 0. The Bertz CT molecular complexity index is 3750. The van der Waals surface area contributed by atoms with Crippen LogP contribution < -0.4 is 27.9 Å². The second kappa shape index (κ2) is 23.0. The zero-order chi connectivity index (χ0) is 53.5. The highest BCUT2D eigenvalue weighted by Gasteiger charge is 2.30. The SMILES string of the molecule is CC[N+](CC)(CC)CC1=Cc2cccc3cccc(c23)C1=O.NC(N)=[NH+]CC1=Cc2cccc3cccc(c23)C1=O.NCC1=Cc2cccc3cccc(c23)C1=O.[NH3+]CCOCC1=Cc2cccc3cccc(c23)C1=O. The number of guanidine groups is 1. The number of carbonyl (C=O) groups is 4. The lowest BCUT2D eigenvalue weighted by molar-refractivity contribution is -0.918. The third kappa shape index (κ3) is 10.5. The van der Waals surface area contributed by atoms with E-state index in [1.54, 1.807) is 0 Å². The van der Waals surface area contributed by atoms with Gasteiger partial charge in [-0.15, -0.1) is 0 Å². The third-order valence-corrected chi connectivity index (χ3v) is 15.0. The van der Waals surface area contributed by atoms with Gasteiger partial charge in [-0.1, -0.05) is 146 Å². The topological polar surface area (TPSA) is 197 Å². The number of benzene rings is 8. The number of ether oxygens (including phenoxy) is 1. The van der Waals surface area contributed by atoms with E-state index >= 15 is 0 Å². The molecule has 8 aromatic rings. The minimum atomic E-state index is 0.0260. The number of nitrogens with zero attached hydrogens (tertiary/aromatic N) is 1. The van der Waals surface area contributed by atoms with Crippen molar-refractivity contribution in [3.63, 3.8) is 0 Å². The molecule has 0 saturated carbocycles. The summed E-state index contributed by atoms with van der Waals surface area (Å²) in [6, 6.07) is 47.9. The van der Waals surface area contributed by atoms with Crippen LogP contribution >= 0.6 is 0 Å². The third-order valence-electron chi connectivity index (χ3n) is 15.0. The Morgan fingerprint density at radius 3 is 1.17 bits per heavy atom. The summed E-state index contributed by atoms with van der Waals surface area (Å²) in [6.07, 6.45) is 7.86. The number of rotatable bonds is 12. The van der Waals surface area contributed by atoms with Crippen molar-refractivity contribution >= 4 is 96.5 Å². The van der Waals surface area contributed by atoms with E-state index < -0.39 is 0 Å². The molecule has 382 valence electrons. The monoisotopic (exact) mass is 1010 g/mol. The highest BCUT2D eigenvalue weighted by Crippen LogP contribution is 2.35. The molecule has 0 aromatic heterocycles. The number of ketones is 4. The molecule has 0 saturated heterocycles. The molecule has 4 aliphatic carbocycles. The molecular formula is C65H65N6O5+3. The van der Waals surface area contributed by atoms with Crippen LogP contribution in [0.25, 0.3) is 67.4 Å². The van der Waals surface area contributed by atoms with Gasteiger partial charge in [0.25, 0.3) is 0 Å². The number of quaternary nitrogens is 2. The summed E-state index contributed by atoms with van der Waals surface area (Å²) in [5.74, 6) is 0.492. The first kappa shape index (κ1) is 52.4. The number of hydrogen-bond donors (Lipinski definition) is 5. The number of nitrogens with two attached hydrogens (primary N) is 3. The van der Waals surface area contributed by atoms with Crippen molar-refractivity contribution in [1.29, 1.82) is 0 Å². The van der Waals surface area contributed by atoms with E-state index in [9.17, 15) is 19.2 Å². The average molecular weight is 1010 g/mol. The van der Waals surface area contributed by atoms with Crippen molar-refractivity contribution in [3.05, 3.63) is 212 Å². The van der Waals surface area contributed by atoms with E-state index in [0.29, 0.717) is 44.0 Å². The Hall–Kier alpha value is -8.45. The minimum absolute atomic E-state index is 0.0260. The highest BCUT2D eigenvalue weighted by molar-refractivity contribution is 6.25. The van der Waals surface area contributed by atoms with Gasteiger partial charge >= 0.3 is 5.96 Å². The summed E-state index contributed by atoms with van der Waals surface area (Å²) in [5.41, 5.74) is 30.7. The van der Waals surface area contributed by atoms with Crippen LogP contribution in [0.2, 0.25) is 0 Å². The molecule has 0 spiro atoms. The number of Topliss-reactive ketones (excluding diaryl/α,β-unsaturated/α-hetero) is 4. The van der Waals surface area contributed by atoms with Gasteiger partial charge in [0.1, 0.15) is 6.54 Å². The van der Waals surface area contributed by atoms with Gasteiger partial charge in [0, 0.05) is 67.1 Å². The maximum atomic E-state index is 13.0. The molecule has 10 N–H and O–H groups in total. The van der Waals surface area contributed by atoms with Gasteiger partial charge in [-0.05, 0) is 88.9 Å². The molecule has 8 aromatic carbocycles. The molecule has 0 aliphatic heterocycles. The van der Waals surface area contributed by atoms with Crippen LogP contribution in [-0.4, -0.2) is 92.6 Å². The molecule has 76 heavy (non-hydrogen) atoms. The quantitative estimate of drug-likeness (QED) is 0.0350. The predicted octanol–water partition coefficient (Wildman–Crippen LogP) is 8.13. The predicted molar refractivity (Wildman–Crippen MR) is 309 cm³/mol. The number of hydrogen-bond acceptors (Lipinski definition) is 6.